The van der Waals surface area contributed by atoms with E-state index in [1.807, 2.05) is 42.5 Å². The van der Waals surface area contributed by atoms with Crippen LogP contribution in [0.25, 0.3) is 5.57 Å². The number of carboxylic acids is 1. The number of hydrogen-bond acceptors (Lipinski definition) is 4. The highest BCUT2D eigenvalue weighted by Gasteiger charge is 2.62. The van der Waals surface area contributed by atoms with Gasteiger partial charge >= 0.3 is 5.97 Å². The van der Waals surface area contributed by atoms with E-state index in [0.29, 0.717) is 10.6 Å². The molecule has 136 valence electrons. The Labute approximate surface area is 158 Å². The summed E-state index contributed by atoms with van der Waals surface area (Å²) < 4.78 is 16.4. The average molecular weight is 389 g/mol. The molecule has 2 unspecified atom stereocenters. The standard InChI is InChI=1S/C19H20N2O3S2/c22-18(23)19(12-15(19)13-4-2-1-3-5-13)21-26(24)17-7-6-16(25-17)14-8-10-20-11-9-14/h1-8,15,20-21H,9-12H2,(H,22,23)/t15-,19?,26?/m1/s1. The van der Waals surface area contributed by atoms with Gasteiger partial charge in [-0.25, -0.2) is 8.93 Å². The van der Waals surface area contributed by atoms with Crippen molar-refractivity contribution in [2.24, 2.45) is 0 Å². The molecule has 2 aromatic rings. The van der Waals surface area contributed by atoms with Gasteiger partial charge in [0.15, 0.2) is 0 Å². The summed E-state index contributed by atoms with van der Waals surface area (Å²) in [6.45, 7) is 1.80. The van der Waals surface area contributed by atoms with Crippen LogP contribution in [0.3, 0.4) is 0 Å². The molecule has 1 saturated carbocycles. The van der Waals surface area contributed by atoms with E-state index in [-0.39, 0.29) is 5.92 Å². The number of carboxylic acid groups (broad SMARTS) is 1. The molecule has 4 rings (SSSR count). The molecule has 0 radical (unpaired) electrons. The van der Waals surface area contributed by atoms with E-state index in [1.54, 1.807) is 0 Å². The molecule has 0 spiro atoms. The normalized spacial score (nSPS) is 26.2. The van der Waals surface area contributed by atoms with Gasteiger partial charge in [0.05, 0.1) is 0 Å². The quantitative estimate of drug-likeness (QED) is 0.711. The van der Waals surface area contributed by atoms with Crippen molar-refractivity contribution < 1.29 is 14.1 Å². The smallest absolute Gasteiger partial charge is 0.325 e. The molecule has 1 aliphatic carbocycles. The fourth-order valence-electron chi connectivity index (χ4n) is 3.40. The lowest BCUT2D eigenvalue weighted by atomic mass is 10.1. The maximum absolute atomic E-state index is 12.8. The first kappa shape index (κ1) is 17.6. The van der Waals surface area contributed by atoms with Crippen molar-refractivity contribution in [3.05, 3.63) is 59.0 Å². The first-order valence-electron chi connectivity index (χ1n) is 8.58. The van der Waals surface area contributed by atoms with Crippen LogP contribution in [0.15, 0.2) is 52.7 Å². The lowest BCUT2D eigenvalue weighted by Crippen LogP contribution is -2.41. The van der Waals surface area contributed by atoms with Gasteiger partial charge in [-0.2, -0.15) is 0 Å². The topological polar surface area (TPSA) is 78.4 Å². The number of aliphatic carboxylic acids is 1. The van der Waals surface area contributed by atoms with Gasteiger partial charge in [-0.1, -0.05) is 36.4 Å². The molecule has 0 bridgehead atoms. The maximum atomic E-state index is 12.8. The Morgan fingerprint density at radius 2 is 2.08 bits per heavy atom. The van der Waals surface area contributed by atoms with Crippen molar-refractivity contribution in [3.63, 3.8) is 0 Å². The summed E-state index contributed by atoms with van der Waals surface area (Å²) in [6, 6.07) is 13.4. The van der Waals surface area contributed by atoms with Gasteiger partial charge in [-0.05, 0) is 42.7 Å². The number of benzene rings is 1. The van der Waals surface area contributed by atoms with Crippen LogP contribution < -0.4 is 10.0 Å². The number of thiophene rings is 1. The third-order valence-electron chi connectivity index (χ3n) is 4.96. The van der Waals surface area contributed by atoms with Crippen LogP contribution in [-0.4, -0.2) is 33.9 Å². The van der Waals surface area contributed by atoms with E-state index in [4.69, 9.17) is 0 Å². The summed E-state index contributed by atoms with van der Waals surface area (Å²) in [4.78, 5) is 13.0. The second-order valence-corrected chi connectivity index (χ2v) is 9.14. The van der Waals surface area contributed by atoms with Crippen LogP contribution in [-0.2, 0) is 15.8 Å². The van der Waals surface area contributed by atoms with Crippen molar-refractivity contribution in [3.8, 4) is 0 Å². The maximum Gasteiger partial charge on any atom is 0.325 e. The van der Waals surface area contributed by atoms with Crippen LogP contribution in [0.4, 0.5) is 0 Å². The SMILES string of the molecule is O=C(O)C1(NS(=O)c2ccc(C3=CCNCC3)s2)C[C@@H]1c1ccccc1. The lowest BCUT2D eigenvalue weighted by molar-refractivity contribution is -0.140. The highest BCUT2D eigenvalue weighted by Crippen LogP contribution is 2.52. The number of nitrogens with one attached hydrogen (secondary N) is 2. The first-order chi connectivity index (χ1) is 12.6. The molecule has 3 N–H and O–H groups in total. The van der Waals surface area contributed by atoms with Gasteiger partial charge in [-0.3, -0.25) is 4.79 Å². The zero-order valence-electron chi connectivity index (χ0n) is 14.1. The van der Waals surface area contributed by atoms with Gasteiger partial charge in [0.25, 0.3) is 0 Å². The van der Waals surface area contributed by atoms with E-state index in [1.165, 1.54) is 16.9 Å². The Hall–Kier alpha value is -1.80. The summed E-state index contributed by atoms with van der Waals surface area (Å²) in [5.74, 6) is -1.10. The van der Waals surface area contributed by atoms with Crippen LogP contribution in [0.5, 0.6) is 0 Å². The van der Waals surface area contributed by atoms with Gasteiger partial charge in [0.1, 0.15) is 20.7 Å². The van der Waals surface area contributed by atoms with Crippen molar-refractivity contribution >= 4 is 33.9 Å². The van der Waals surface area contributed by atoms with Gasteiger partial charge < -0.3 is 10.4 Å². The second-order valence-electron chi connectivity index (χ2n) is 6.62. The van der Waals surface area contributed by atoms with Gasteiger partial charge in [0, 0.05) is 17.3 Å². The number of rotatable bonds is 6. The lowest BCUT2D eigenvalue weighted by Gasteiger charge is -2.14. The highest BCUT2D eigenvalue weighted by atomic mass is 32.2. The third kappa shape index (κ3) is 3.27. The Morgan fingerprint density at radius 3 is 2.77 bits per heavy atom. The average Bonchev–Trinajstić information content (AvgIpc) is 3.19. The molecular weight excluding hydrogens is 368 g/mol. The van der Waals surface area contributed by atoms with Gasteiger partial charge in [-0.15, -0.1) is 11.3 Å². The summed E-state index contributed by atoms with van der Waals surface area (Å²) in [5.41, 5.74) is 1.08. The Kier molecular flexibility index (Phi) is 4.79. The number of carbonyl (C=O) groups is 1. The molecule has 1 aliphatic heterocycles. The molecule has 5 nitrogen and oxygen atoms in total. The Balaban J connectivity index is 1.51. The van der Waals surface area contributed by atoms with Gasteiger partial charge in [0.2, 0.25) is 0 Å². The minimum Gasteiger partial charge on any atom is -0.480 e. The Morgan fingerprint density at radius 1 is 1.27 bits per heavy atom. The highest BCUT2D eigenvalue weighted by molar-refractivity contribution is 7.85. The van der Waals surface area contributed by atoms with Crippen LogP contribution in [0.1, 0.15) is 29.2 Å². The molecule has 26 heavy (non-hydrogen) atoms. The summed E-state index contributed by atoms with van der Waals surface area (Å²) in [5, 5.41) is 13.0. The molecule has 1 fully saturated rings. The molecule has 2 heterocycles. The largest absolute Gasteiger partial charge is 0.480 e. The molecular formula is C19H20N2O3S2. The fourth-order valence-corrected chi connectivity index (χ4v) is 5.84. The molecule has 7 heteroatoms. The fraction of sp³-hybridized carbons (Fsp3) is 0.316. The number of hydrogen-bond donors (Lipinski definition) is 3. The van der Waals surface area contributed by atoms with Crippen LogP contribution >= 0.6 is 11.3 Å². The summed E-state index contributed by atoms with van der Waals surface area (Å²) in [6.07, 6.45) is 3.56. The van der Waals surface area contributed by atoms with Crippen LogP contribution in [0.2, 0.25) is 0 Å². The molecule has 1 aromatic heterocycles. The first-order valence-corrected chi connectivity index (χ1v) is 10.5. The molecule has 3 atom stereocenters. The molecule has 2 aliphatic rings. The van der Waals surface area contributed by atoms with Crippen molar-refractivity contribution in [1.82, 2.24) is 10.0 Å². The van der Waals surface area contributed by atoms with Crippen molar-refractivity contribution in [2.45, 2.75) is 28.5 Å². The van der Waals surface area contributed by atoms with Crippen molar-refractivity contribution in [2.75, 3.05) is 13.1 Å². The van der Waals surface area contributed by atoms with E-state index in [9.17, 15) is 14.1 Å². The molecule has 1 aromatic carbocycles. The predicted molar refractivity (Wildman–Crippen MR) is 103 cm³/mol. The van der Waals surface area contributed by atoms with E-state index >= 15 is 0 Å². The second kappa shape index (κ2) is 7.08. The monoisotopic (exact) mass is 388 g/mol. The summed E-state index contributed by atoms with van der Waals surface area (Å²) >= 11 is 1.47. The zero-order chi connectivity index (χ0) is 18.1. The van der Waals surface area contributed by atoms with Crippen LogP contribution in [0, 0.1) is 0 Å². The van der Waals surface area contributed by atoms with E-state index < -0.39 is 22.5 Å². The minimum absolute atomic E-state index is 0.156. The van der Waals surface area contributed by atoms with Crippen molar-refractivity contribution in [1.29, 1.82) is 0 Å². The Bertz CT molecular complexity index is 878. The molecule has 0 saturated heterocycles. The summed E-state index contributed by atoms with van der Waals surface area (Å²) in [7, 11) is -1.54. The van der Waals surface area contributed by atoms with E-state index in [2.05, 4.69) is 16.1 Å². The zero-order valence-corrected chi connectivity index (χ0v) is 15.7. The van der Waals surface area contributed by atoms with E-state index in [0.717, 1.165) is 30.0 Å². The minimum atomic E-state index is -1.54. The predicted octanol–water partition coefficient (Wildman–Crippen LogP) is 2.75. The third-order valence-corrected chi connectivity index (χ3v) is 7.67. The molecule has 0 amide bonds.